The number of rotatable bonds is 5. The van der Waals surface area contributed by atoms with Gasteiger partial charge in [0.15, 0.2) is 0 Å². The van der Waals surface area contributed by atoms with E-state index < -0.39 is 0 Å². The molecule has 0 atom stereocenters. The molecule has 0 radical (unpaired) electrons. The smallest absolute Gasteiger partial charge is 0.339 e. The molecular weight excluding hydrogens is 334 g/mol. The predicted molar refractivity (Wildman–Crippen MR) is 92.8 cm³/mol. The number of hydrogen-bond acceptors (Lipinski definition) is 6. The zero-order chi connectivity index (χ0) is 15.4. The fourth-order valence-corrected chi connectivity index (χ4v) is 4.03. The van der Waals surface area contributed by atoms with Crippen LogP contribution in [0.25, 0.3) is 10.6 Å². The van der Waals surface area contributed by atoms with E-state index in [0.717, 1.165) is 21.2 Å². The van der Waals surface area contributed by atoms with Crippen LogP contribution in [0.1, 0.15) is 16.1 Å². The lowest BCUT2D eigenvalue weighted by atomic mass is 10.2. The van der Waals surface area contributed by atoms with Crippen molar-refractivity contribution in [3.8, 4) is 10.6 Å². The second kappa shape index (κ2) is 7.09. The molecule has 3 nitrogen and oxygen atoms in total. The Morgan fingerprint density at radius 3 is 2.91 bits per heavy atom. The van der Waals surface area contributed by atoms with Crippen LogP contribution in [0.15, 0.2) is 51.4 Å². The van der Waals surface area contributed by atoms with E-state index in [1.54, 1.807) is 28.7 Å². The van der Waals surface area contributed by atoms with E-state index >= 15 is 0 Å². The van der Waals surface area contributed by atoms with E-state index in [9.17, 15) is 4.79 Å². The van der Waals surface area contributed by atoms with Gasteiger partial charge >= 0.3 is 5.97 Å². The number of thioether (sulfide) groups is 1. The summed E-state index contributed by atoms with van der Waals surface area (Å²) < 4.78 is 5.38. The molecule has 0 bridgehead atoms. The number of thiazole rings is 1. The molecule has 112 valence electrons. The maximum Gasteiger partial charge on any atom is 0.339 e. The van der Waals surface area contributed by atoms with Crippen molar-refractivity contribution in [2.75, 3.05) is 6.26 Å². The van der Waals surface area contributed by atoms with Gasteiger partial charge in [0.1, 0.15) is 11.6 Å². The highest BCUT2D eigenvalue weighted by Crippen LogP contribution is 2.26. The minimum Gasteiger partial charge on any atom is -0.456 e. The molecule has 0 spiro atoms. The van der Waals surface area contributed by atoms with Gasteiger partial charge < -0.3 is 4.74 Å². The van der Waals surface area contributed by atoms with Gasteiger partial charge in [0.2, 0.25) is 0 Å². The number of benzene rings is 1. The summed E-state index contributed by atoms with van der Waals surface area (Å²) in [5.74, 6) is -0.310. The van der Waals surface area contributed by atoms with Crippen molar-refractivity contribution in [2.45, 2.75) is 11.5 Å². The molecule has 3 aromatic rings. The summed E-state index contributed by atoms with van der Waals surface area (Å²) in [5, 5.41) is 6.97. The van der Waals surface area contributed by atoms with Crippen LogP contribution in [0, 0.1) is 0 Å². The lowest BCUT2D eigenvalue weighted by molar-refractivity contribution is 0.0464. The van der Waals surface area contributed by atoms with Crippen molar-refractivity contribution >= 4 is 40.4 Å². The second-order valence-corrected chi connectivity index (χ2v) is 6.92. The largest absolute Gasteiger partial charge is 0.456 e. The molecule has 6 heteroatoms. The molecule has 2 heterocycles. The number of nitrogens with zero attached hydrogens (tertiary/aromatic N) is 1. The van der Waals surface area contributed by atoms with Gasteiger partial charge in [-0.25, -0.2) is 9.78 Å². The van der Waals surface area contributed by atoms with E-state index in [1.807, 2.05) is 41.3 Å². The van der Waals surface area contributed by atoms with Crippen molar-refractivity contribution < 1.29 is 9.53 Å². The number of carbonyl (C=O) groups is 1. The summed E-state index contributed by atoms with van der Waals surface area (Å²) in [6.07, 6.45) is 1.94. The van der Waals surface area contributed by atoms with E-state index in [-0.39, 0.29) is 12.6 Å². The number of ether oxygens (including phenoxy) is 1. The minimum absolute atomic E-state index is 0.197. The second-order valence-electron chi connectivity index (χ2n) is 4.43. The average Bonchev–Trinajstić information content (AvgIpc) is 3.23. The lowest BCUT2D eigenvalue weighted by Crippen LogP contribution is -2.06. The van der Waals surface area contributed by atoms with Crippen molar-refractivity contribution in [2.24, 2.45) is 0 Å². The summed E-state index contributed by atoms with van der Waals surface area (Å²) >= 11 is 4.74. The molecule has 0 amide bonds. The molecule has 0 aliphatic heterocycles. The van der Waals surface area contributed by atoms with E-state index in [4.69, 9.17) is 4.74 Å². The Kier molecular flexibility index (Phi) is 4.92. The maximum atomic E-state index is 12.2. The van der Waals surface area contributed by atoms with Crippen LogP contribution in [0.5, 0.6) is 0 Å². The first-order chi connectivity index (χ1) is 10.8. The van der Waals surface area contributed by atoms with Crippen LogP contribution in [0.2, 0.25) is 0 Å². The van der Waals surface area contributed by atoms with E-state index in [2.05, 4.69) is 10.4 Å². The summed E-state index contributed by atoms with van der Waals surface area (Å²) in [4.78, 5) is 17.6. The van der Waals surface area contributed by atoms with Gasteiger partial charge in [-0.1, -0.05) is 12.1 Å². The van der Waals surface area contributed by atoms with Gasteiger partial charge in [-0.15, -0.1) is 23.1 Å². The van der Waals surface area contributed by atoms with Crippen LogP contribution in [-0.2, 0) is 11.3 Å². The van der Waals surface area contributed by atoms with Crippen molar-refractivity contribution in [1.29, 1.82) is 0 Å². The molecule has 0 aliphatic carbocycles. The Hall–Kier alpha value is -1.63. The fourth-order valence-electron chi connectivity index (χ4n) is 1.92. The quantitative estimate of drug-likeness (QED) is 0.483. The SMILES string of the molecule is CSc1ccccc1C(=O)OCc1csc(-c2ccsc2)n1. The Balaban J connectivity index is 1.66. The van der Waals surface area contributed by atoms with E-state index in [1.165, 1.54) is 11.8 Å². The molecule has 3 rings (SSSR count). The monoisotopic (exact) mass is 347 g/mol. The highest BCUT2D eigenvalue weighted by atomic mass is 32.2. The number of carbonyl (C=O) groups excluding carboxylic acids is 1. The van der Waals surface area contributed by atoms with Crippen LogP contribution in [0.3, 0.4) is 0 Å². The first kappa shape index (κ1) is 15.3. The normalized spacial score (nSPS) is 10.6. The Morgan fingerprint density at radius 2 is 2.14 bits per heavy atom. The van der Waals surface area contributed by atoms with Crippen molar-refractivity contribution in [3.05, 3.63) is 57.7 Å². The highest BCUT2D eigenvalue weighted by Gasteiger charge is 2.13. The third-order valence-electron chi connectivity index (χ3n) is 3.00. The van der Waals surface area contributed by atoms with Gasteiger partial charge in [-0.2, -0.15) is 11.3 Å². The molecule has 2 aromatic heterocycles. The molecule has 0 unspecified atom stereocenters. The van der Waals surface area contributed by atoms with Gasteiger partial charge in [0.25, 0.3) is 0 Å². The molecule has 1 aromatic carbocycles. The molecule has 0 fully saturated rings. The van der Waals surface area contributed by atoms with Gasteiger partial charge in [-0.3, -0.25) is 0 Å². The Bertz CT molecular complexity index is 765. The standard InChI is InChI=1S/C16H13NO2S3/c1-20-14-5-3-2-4-13(14)16(18)19-8-12-10-22-15(17-12)11-6-7-21-9-11/h2-7,9-10H,8H2,1H3. The summed E-state index contributed by atoms with van der Waals surface area (Å²) in [7, 11) is 0. The van der Waals surface area contributed by atoms with Crippen LogP contribution < -0.4 is 0 Å². The minimum atomic E-state index is -0.310. The number of hydrogen-bond donors (Lipinski definition) is 0. The Morgan fingerprint density at radius 1 is 1.27 bits per heavy atom. The number of thiophene rings is 1. The van der Waals surface area contributed by atoms with Crippen LogP contribution >= 0.6 is 34.4 Å². The van der Waals surface area contributed by atoms with E-state index in [0.29, 0.717) is 5.56 Å². The molecule has 0 aliphatic rings. The Labute approximate surface area is 141 Å². The van der Waals surface area contributed by atoms with Crippen molar-refractivity contribution in [3.63, 3.8) is 0 Å². The van der Waals surface area contributed by atoms with Crippen LogP contribution in [0.4, 0.5) is 0 Å². The van der Waals surface area contributed by atoms with Crippen molar-refractivity contribution in [1.82, 2.24) is 4.98 Å². The lowest BCUT2D eigenvalue weighted by Gasteiger charge is -2.06. The molecule has 0 saturated heterocycles. The van der Waals surface area contributed by atoms with Crippen LogP contribution in [-0.4, -0.2) is 17.2 Å². The average molecular weight is 347 g/mol. The molecule has 22 heavy (non-hydrogen) atoms. The molecular formula is C16H13NO2S3. The number of aromatic nitrogens is 1. The fraction of sp³-hybridized carbons (Fsp3) is 0.125. The summed E-state index contributed by atoms with van der Waals surface area (Å²) in [6.45, 7) is 0.197. The zero-order valence-electron chi connectivity index (χ0n) is 11.8. The summed E-state index contributed by atoms with van der Waals surface area (Å²) in [6, 6.07) is 9.49. The maximum absolute atomic E-state index is 12.2. The first-order valence-electron chi connectivity index (χ1n) is 6.55. The van der Waals surface area contributed by atoms with Gasteiger partial charge in [0.05, 0.1) is 11.3 Å². The molecule has 0 N–H and O–H groups in total. The summed E-state index contributed by atoms with van der Waals surface area (Å²) in [5.41, 5.74) is 2.49. The third-order valence-corrected chi connectivity index (χ3v) is 5.42. The highest BCUT2D eigenvalue weighted by molar-refractivity contribution is 7.98. The number of esters is 1. The van der Waals surface area contributed by atoms with Gasteiger partial charge in [-0.05, 0) is 29.8 Å². The topological polar surface area (TPSA) is 39.2 Å². The predicted octanol–water partition coefficient (Wildman–Crippen LogP) is 4.95. The molecule has 0 saturated carbocycles. The third kappa shape index (κ3) is 3.40. The van der Waals surface area contributed by atoms with Gasteiger partial charge in [0, 0.05) is 21.2 Å². The zero-order valence-corrected chi connectivity index (χ0v) is 14.3. The first-order valence-corrected chi connectivity index (χ1v) is 9.60.